The van der Waals surface area contributed by atoms with Crippen molar-refractivity contribution in [3.05, 3.63) is 29.8 Å². The van der Waals surface area contributed by atoms with E-state index in [0.29, 0.717) is 5.56 Å². The van der Waals surface area contributed by atoms with Crippen molar-refractivity contribution in [2.45, 2.75) is 96.1 Å². The van der Waals surface area contributed by atoms with Gasteiger partial charge in [-0.15, -0.1) is 0 Å². The molecule has 0 unspecified atom stereocenters. The van der Waals surface area contributed by atoms with Crippen LogP contribution in [0.1, 0.15) is 58.9 Å². The van der Waals surface area contributed by atoms with Crippen LogP contribution in [0, 0.1) is 0 Å². The summed E-state index contributed by atoms with van der Waals surface area (Å²) in [5.41, 5.74) is 5.91. The molecule has 6 atom stereocenters. The molecule has 5 amide bonds. The van der Waals surface area contributed by atoms with Crippen LogP contribution in [0.4, 0.5) is 0 Å². The number of rotatable bonds is 20. The molecule has 0 saturated heterocycles. The van der Waals surface area contributed by atoms with Crippen molar-refractivity contribution in [3.63, 3.8) is 0 Å². The number of carbonyl (C=O) groups is 7. The Morgan fingerprint density at radius 3 is 1.69 bits per heavy atom. The van der Waals surface area contributed by atoms with Crippen LogP contribution in [0.2, 0.25) is 0 Å². The van der Waals surface area contributed by atoms with Gasteiger partial charge in [0, 0.05) is 12.8 Å². The summed E-state index contributed by atoms with van der Waals surface area (Å²) in [5.74, 6) is -6.91. The molecule has 0 saturated carbocycles. The molecule has 0 spiro atoms. The van der Waals surface area contributed by atoms with Crippen LogP contribution in [0.3, 0.4) is 0 Å². The number of phosphoric acid groups is 1. The van der Waals surface area contributed by atoms with Crippen molar-refractivity contribution in [1.82, 2.24) is 26.6 Å². The highest BCUT2D eigenvalue weighted by Gasteiger charge is 2.31. The van der Waals surface area contributed by atoms with Gasteiger partial charge in [0.05, 0.1) is 6.04 Å². The van der Waals surface area contributed by atoms with Crippen molar-refractivity contribution in [1.29, 1.82) is 0 Å². The number of hydrogen-bond acceptors (Lipinski definition) is 10. The number of phosphoric ester groups is 1. The van der Waals surface area contributed by atoms with Crippen LogP contribution in [0.15, 0.2) is 24.3 Å². The fourth-order valence-corrected chi connectivity index (χ4v) is 4.42. The number of carboxylic acids is 2. The average Bonchev–Trinajstić information content (AvgIpc) is 2.99. The Bertz CT molecular complexity index is 1370. The smallest absolute Gasteiger partial charge is 0.481 e. The summed E-state index contributed by atoms with van der Waals surface area (Å²) in [7, 11) is -4.86. The third-order valence-electron chi connectivity index (χ3n) is 6.73. The second kappa shape index (κ2) is 19.3. The Morgan fingerprint density at radius 2 is 1.21 bits per heavy atom. The number of nitrogens with two attached hydrogens (primary N) is 1. The summed E-state index contributed by atoms with van der Waals surface area (Å²) in [6.07, 6.45) is -0.967. The molecule has 11 N–H and O–H groups in total. The first-order valence-corrected chi connectivity index (χ1v) is 16.4. The SMILES string of the molecule is CC[C@H](NC(=O)[C@H](CC)NC(=O)[C@H](C)NC(=O)[C@H](Cc1ccc(OP(=O)(O)O)cc1)NC(=O)[C@H](CCC(=O)O)NC(=O)[C@H](C)N)C(=O)O. The number of benzene rings is 1. The zero-order chi connectivity index (χ0) is 36.8. The fourth-order valence-electron chi connectivity index (χ4n) is 4.02. The van der Waals surface area contributed by atoms with Crippen molar-refractivity contribution in [2.24, 2.45) is 5.73 Å². The molecule has 0 aliphatic carbocycles. The molecule has 48 heavy (non-hydrogen) atoms. The molecule has 1 aromatic rings. The largest absolute Gasteiger partial charge is 0.524 e. The Morgan fingerprint density at radius 1 is 0.729 bits per heavy atom. The topological polar surface area (TPSA) is 313 Å². The summed E-state index contributed by atoms with van der Waals surface area (Å²) in [4.78, 5) is 105. The molecule has 1 rings (SSSR count). The van der Waals surface area contributed by atoms with Gasteiger partial charge in [-0.05, 0) is 50.8 Å². The summed E-state index contributed by atoms with van der Waals surface area (Å²) in [6.45, 7) is 5.75. The Hall–Kier alpha value is -4.58. The van der Waals surface area contributed by atoms with Crippen LogP contribution < -0.4 is 36.8 Å². The summed E-state index contributed by atoms with van der Waals surface area (Å²) < 4.78 is 15.6. The van der Waals surface area contributed by atoms with Gasteiger partial charge in [0.25, 0.3) is 0 Å². The third kappa shape index (κ3) is 14.9. The number of carboxylic acid groups (broad SMARTS) is 2. The van der Waals surface area contributed by atoms with E-state index in [4.69, 9.17) is 20.6 Å². The third-order valence-corrected chi connectivity index (χ3v) is 7.18. The van der Waals surface area contributed by atoms with Gasteiger partial charge >= 0.3 is 19.8 Å². The van der Waals surface area contributed by atoms with Gasteiger partial charge in [-0.2, -0.15) is 0 Å². The monoisotopic (exact) mass is 702 g/mol. The number of aliphatic carboxylic acids is 2. The average molecular weight is 703 g/mol. The van der Waals surface area contributed by atoms with Crippen LogP contribution in [-0.4, -0.2) is 97.7 Å². The molecule has 0 aromatic heterocycles. The molecular formula is C28H43N6O13P. The molecule has 19 nitrogen and oxygen atoms in total. The van der Waals surface area contributed by atoms with Gasteiger partial charge < -0.3 is 47.1 Å². The van der Waals surface area contributed by atoms with Crippen molar-refractivity contribution < 1.29 is 62.7 Å². The molecule has 0 aliphatic heterocycles. The van der Waals surface area contributed by atoms with E-state index in [1.54, 1.807) is 13.8 Å². The summed E-state index contributed by atoms with van der Waals surface area (Å²) in [6, 6.07) is -2.45. The zero-order valence-corrected chi connectivity index (χ0v) is 27.7. The molecule has 20 heteroatoms. The summed E-state index contributed by atoms with van der Waals surface area (Å²) >= 11 is 0. The molecule has 0 aliphatic rings. The predicted octanol–water partition coefficient (Wildman–Crippen LogP) is -1.74. The lowest BCUT2D eigenvalue weighted by Crippen LogP contribution is -2.59. The van der Waals surface area contributed by atoms with Gasteiger partial charge in [0.2, 0.25) is 29.5 Å². The first-order chi connectivity index (χ1) is 22.3. The fraction of sp³-hybridized carbons (Fsp3) is 0.536. The highest BCUT2D eigenvalue weighted by Crippen LogP contribution is 2.37. The minimum atomic E-state index is -4.86. The predicted molar refractivity (Wildman–Crippen MR) is 167 cm³/mol. The van der Waals surface area contributed by atoms with Crippen LogP contribution in [0.25, 0.3) is 0 Å². The molecule has 0 bridgehead atoms. The van der Waals surface area contributed by atoms with Gasteiger partial charge in [0.15, 0.2) is 0 Å². The lowest BCUT2D eigenvalue weighted by atomic mass is 10.0. The lowest BCUT2D eigenvalue weighted by Gasteiger charge is -2.25. The highest BCUT2D eigenvalue weighted by atomic mass is 31.2. The maximum absolute atomic E-state index is 13.4. The van der Waals surface area contributed by atoms with E-state index in [9.17, 15) is 43.2 Å². The first-order valence-electron chi connectivity index (χ1n) is 14.8. The van der Waals surface area contributed by atoms with Crippen molar-refractivity contribution in [2.75, 3.05) is 0 Å². The molecule has 0 fully saturated rings. The molecular weight excluding hydrogens is 659 g/mol. The zero-order valence-electron chi connectivity index (χ0n) is 26.8. The minimum absolute atomic E-state index is 0.0829. The molecule has 268 valence electrons. The number of hydrogen-bond donors (Lipinski definition) is 10. The van der Waals surface area contributed by atoms with E-state index in [-0.39, 0.29) is 31.4 Å². The number of amides is 5. The minimum Gasteiger partial charge on any atom is -0.481 e. The normalized spacial score (nSPS) is 14.9. The second-order valence-corrected chi connectivity index (χ2v) is 11.9. The standard InChI is InChI=1S/C28H43N6O13P/c1-5-18(25(39)32-19(6-2)28(42)43)31-24(38)15(4)30-27(41)21(13-16-7-9-17(10-8-16)47-48(44,45)46)34-26(40)20(11-12-22(35)36)33-23(37)14(3)29/h7-10,14-15,18-21H,5-6,11-13,29H2,1-4H3,(H,30,41)(H,31,38)(H,32,39)(H,33,37)(H,34,40)(H,35,36)(H,42,43)(H2,44,45,46)/t14-,15-,18-,19-,20-,21-/m0/s1. The van der Waals surface area contributed by atoms with E-state index in [1.807, 2.05) is 0 Å². The number of nitrogens with one attached hydrogen (secondary N) is 5. The van der Waals surface area contributed by atoms with Gasteiger partial charge in [-0.25, -0.2) is 9.36 Å². The van der Waals surface area contributed by atoms with E-state index < -0.39 is 92.0 Å². The van der Waals surface area contributed by atoms with Gasteiger partial charge in [-0.1, -0.05) is 26.0 Å². The first kappa shape index (κ1) is 41.4. The van der Waals surface area contributed by atoms with E-state index in [0.717, 1.165) is 0 Å². The lowest BCUT2D eigenvalue weighted by molar-refractivity contribution is -0.142. The summed E-state index contributed by atoms with van der Waals surface area (Å²) in [5, 5.41) is 30.2. The van der Waals surface area contributed by atoms with Crippen molar-refractivity contribution in [3.8, 4) is 5.75 Å². The van der Waals surface area contributed by atoms with Crippen LogP contribution in [-0.2, 0) is 44.5 Å². The maximum atomic E-state index is 13.4. The van der Waals surface area contributed by atoms with Gasteiger partial charge in [0.1, 0.15) is 36.0 Å². The highest BCUT2D eigenvalue weighted by molar-refractivity contribution is 7.46. The molecule has 1 aromatic carbocycles. The quantitative estimate of drug-likeness (QED) is 0.0675. The van der Waals surface area contributed by atoms with Crippen molar-refractivity contribution >= 4 is 49.3 Å². The van der Waals surface area contributed by atoms with E-state index >= 15 is 0 Å². The van der Waals surface area contributed by atoms with Crippen LogP contribution in [0.5, 0.6) is 5.75 Å². The molecule has 0 radical (unpaired) electrons. The Balaban J connectivity index is 3.23. The van der Waals surface area contributed by atoms with E-state index in [1.165, 1.54) is 38.1 Å². The second-order valence-electron chi connectivity index (χ2n) is 10.8. The van der Waals surface area contributed by atoms with Crippen LogP contribution >= 0.6 is 7.82 Å². The maximum Gasteiger partial charge on any atom is 0.524 e. The van der Waals surface area contributed by atoms with E-state index in [2.05, 4.69) is 31.1 Å². The Kier molecular flexibility index (Phi) is 16.7. The Labute approximate surface area is 276 Å². The number of carbonyl (C=O) groups excluding carboxylic acids is 5. The molecule has 0 heterocycles. The van der Waals surface area contributed by atoms with Gasteiger partial charge in [-0.3, -0.25) is 38.6 Å².